The van der Waals surface area contributed by atoms with Crippen LogP contribution >= 0.6 is 0 Å². The van der Waals surface area contributed by atoms with Gasteiger partial charge in [0.05, 0.1) is 23.0 Å². The van der Waals surface area contributed by atoms with E-state index >= 15 is 0 Å². The fourth-order valence-electron chi connectivity index (χ4n) is 2.62. The minimum absolute atomic E-state index is 0.0296. The molecule has 2 aromatic rings. The summed E-state index contributed by atoms with van der Waals surface area (Å²) < 4.78 is 31.7. The molecule has 3 rings (SSSR count). The van der Waals surface area contributed by atoms with Gasteiger partial charge in [0.2, 0.25) is 10.0 Å². The molecule has 2 heterocycles. The topological polar surface area (TPSA) is 101 Å². The lowest BCUT2D eigenvalue weighted by molar-refractivity contribution is 0.0722. The van der Waals surface area contributed by atoms with Crippen LogP contribution in [-0.4, -0.2) is 43.5 Å². The normalized spacial score (nSPS) is 16.7. The van der Waals surface area contributed by atoms with E-state index < -0.39 is 15.9 Å². The largest absolute Gasteiger partial charge is 0.381 e. The molecule has 22 heavy (non-hydrogen) atoms. The predicted molar refractivity (Wildman–Crippen MR) is 80.9 cm³/mol. The van der Waals surface area contributed by atoms with E-state index in [1.54, 1.807) is 24.4 Å². The van der Waals surface area contributed by atoms with Crippen LogP contribution in [0.15, 0.2) is 24.4 Å². The molecule has 1 saturated heterocycles. The zero-order valence-electron chi connectivity index (χ0n) is 11.9. The van der Waals surface area contributed by atoms with E-state index in [-0.39, 0.29) is 17.2 Å². The average Bonchev–Trinajstić information content (AvgIpc) is 2.95. The van der Waals surface area contributed by atoms with Crippen molar-refractivity contribution in [1.82, 2.24) is 14.9 Å². The van der Waals surface area contributed by atoms with Crippen molar-refractivity contribution in [3.63, 3.8) is 0 Å². The van der Waals surface area contributed by atoms with Crippen LogP contribution in [0.4, 0.5) is 0 Å². The monoisotopic (exact) mass is 323 g/mol. The predicted octanol–water partition coefficient (Wildman–Crippen LogP) is 1.05. The number of sulfonamides is 1. The van der Waals surface area contributed by atoms with Gasteiger partial charge >= 0.3 is 0 Å². The van der Waals surface area contributed by atoms with E-state index in [4.69, 9.17) is 4.74 Å². The van der Waals surface area contributed by atoms with Gasteiger partial charge < -0.3 is 4.74 Å². The maximum atomic E-state index is 12.3. The lowest BCUT2D eigenvalue weighted by Crippen LogP contribution is -2.36. The van der Waals surface area contributed by atoms with Gasteiger partial charge in [0.25, 0.3) is 5.91 Å². The van der Waals surface area contributed by atoms with Crippen molar-refractivity contribution in [3.05, 3.63) is 30.0 Å². The molecule has 1 aromatic heterocycles. The Kier molecular flexibility index (Phi) is 4.12. The molecular weight excluding hydrogens is 306 g/mol. The summed E-state index contributed by atoms with van der Waals surface area (Å²) in [7, 11) is -3.67. The van der Waals surface area contributed by atoms with Crippen molar-refractivity contribution in [2.45, 2.75) is 12.8 Å². The number of hydrogen-bond donors (Lipinski definition) is 2. The average molecular weight is 323 g/mol. The Balaban J connectivity index is 1.74. The fraction of sp³-hybridized carbons (Fsp3) is 0.429. The Morgan fingerprint density at radius 1 is 1.36 bits per heavy atom. The summed E-state index contributed by atoms with van der Waals surface area (Å²) in [4.78, 5) is 12.3. The third kappa shape index (κ3) is 3.28. The van der Waals surface area contributed by atoms with Crippen LogP contribution in [0.3, 0.4) is 0 Å². The maximum absolute atomic E-state index is 12.3. The van der Waals surface area contributed by atoms with Gasteiger partial charge in [0.1, 0.15) is 0 Å². The molecule has 0 aliphatic carbocycles. The van der Waals surface area contributed by atoms with Crippen LogP contribution in [0.25, 0.3) is 10.9 Å². The van der Waals surface area contributed by atoms with Crippen LogP contribution in [0, 0.1) is 5.92 Å². The lowest BCUT2D eigenvalue weighted by Gasteiger charge is -2.21. The molecule has 0 saturated carbocycles. The fourth-order valence-corrected chi connectivity index (χ4v) is 4.05. The van der Waals surface area contributed by atoms with Gasteiger partial charge in [-0.25, -0.2) is 13.1 Å². The molecular formula is C14H17N3O4S. The quantitative estimate of drug-likeness (QED) is 0.876. The van der Waals surface area contributed by atoms with Crippen molar-refractivity contribution in [1.29, 1.82) is 0 Å². The minimum Gasteiger partial charge on any atom is -0.381 e. The highest BCUT2D eigenvalue weighted by molar-refractivity contribution is 7.90. The molecule has 2 N–H and O–H groups in total. The van der Waals surface area contributed by atoms with Gasteiger partial charge in [-0.05, 0) is 24.8 Å². The van der Waals surface area contributed by atoms with Crippen molar-refractivity contribution in [3.8, 4) is 0 Å². The third-order valence-electron chi connectivity index (χ3n) is 3.77. The van der Waals surface area contributed by atoms with E-state index in [0.717, 1.165) is 5.39 Å². The summed E-state index contributed by atoms with van der Waals surface area (Å²) in [5, 5.41) is 7.34. The van der Waals surface area contributed by atoms with Gasteiger partial charge in [-0.1, -0.05) is 12.1 Å². The van der Waals surface area contributed by atoms with Gasteiger partial charge in [-0.15, -0.1) is 0 Å². The number of hydrogen-bond acceptors (Lipinski definition) is 5. The van der Waals surface area contributed by atoms with Crippen molar-refractivity contribution >= 4 is 26.8 Å². The number of nitrogens with one attached hydrogen (secondary N) is 2. The molecule has 0 spiro atoms. The molecule has 118 valence electrons. The molecule has 0 unspecified atom stereocenters. The van der Waals surface area contributed by atoms with Crippen LogP contribution in [0.1, 0.15) is 23.2 Å². The molecule has 1 amide bonds. The first-order chi connectivity index (χ1) is 10.6. The summed E-state index contributed by atoms with van der Waals surface area (Å²) >= 11 is 0. The van der Waals surface area contributed by atoms with E-state index in [1.807, 2.05) is 0 Å². The second kappa shape index (κ2) is 6.05. The van der Waals surface area contributed by atoms with Crippen molar-refractivity contribution < 1.29 is 17.9 Å². The summed E-state index contributed by atoms with van der Waals surface area (Å²) in [6.07, 6.45) is 2.99. The van der Waals surface area contributed by atoms with E-state index in [9.17, 15) is 13.2 Å². The Labute approximate surface area is 128 Å². The van der Waals surface area contributed by atoms with E-state index in [2.05, 4.69) is 14.9 Å². The number of aromatic amines is 1. The van der Waals surface area contributed by atoms with E-state index in [0.29, 0.717) is 31.6 Å². The maximum Gasteiger partial charge on any atom is 0.266 e. The highest BCUT2D eigenvalue weighted by atomic mass is 32.2. The first kappa shape index (κ1) is 15.0. The molecule has 0 bridgehead atoms. The number of amides is 1. The van der Waals surface area contributed by atoms with Crippen LogP contribution in [0.5, 0.6) is 0 Å². The second-order valence-electron chi connectivity index (χ2n) is 5.41. The number of aromatic nitrogens is 2. The molecule has 0 atom stereocenters. The molecule has 0 radical (unpaired) electrons. The third-order valence-corrected chi connectivity index (χ3v) is 5.17. The van der Waals surface area contributed by atoms with Gasteiger partial charge in [0, 0.05) is 18.6 Å². The summed E-state index contributed by atoms with van der Waals surface area (Å²) in [5.41, 5.74) is 0.798. The number of fused-ring (bicyclic) bond motifs is 1. The van der Waals surface area contributed by atoms with Crippen molar-refractivity contribution in [2.24, 2.45) is 5.92 Å². The number of ether oxygens (including phenoxy) is 1. The van der Waals surface area contributed by atoms with Crippen molar-refractivity contribution in [2.75, 3.05) is 19.0 Å². The summed E-state index contributed by atoms with van der Waals surface area (Å²) in [6, 6.07) is 5.06. The Morgan fingerprint density at radius 3 is 2.91 bits per heavy atom. The number of nitrogens with zero attached hydrogens (tertiary/aromatic N) is 1. The summed E-state index contributed by atoms with van der Waals surface area (Å²) in [5.74, 6) is -0.662. The van der Waals surface area contributed by atoms with E-state index in [1.165, 1.54) is 0 Å². The lowest BCUT2D eigenvalue weighted by atomic mass is 10.0. The summed E-state index contributed by atoms with van der Waals surface area (Å²) in [6.45, 7) is 1.14. The van der Waals surface area contributed by atoms with Crippen LogP contribution < -0.4 is 4.72 Å². The highest BCUT2D eigenvalue weighted by Crippen LogP contribution is 2.18. The number of H-pyrrole nitrogens is 1. The smallest absolute Gasteiger partial charge is 0.266 e. The number of benzene rings is 1. The molecule has 1 aromatic carbocycles. The number of para-hydroxylation sites is 1. The number of rotatable bonds is 4. The molecule has 8 heteroatoms. The Bertz CT molecular complexity index is 778. The highest BCUT2D eigenvalue weighted by Gasteiger charge is 2.24. The number of carbonyl (C=O) groups excluding carboxylic acids is 1. The first-order valence-electron chi connectivity index (χ1n) is 7.10. The van der Waals surface area contributed by atoms with Crippen LogP contribution in [-0.2, 0) is 14.8 Å². The zero-order chi connectivity index (χ0) is 15.6. The van der Waals surface area contributed by atoms with Gasteiger partial charge in [0.15, 0.2) is 0 Å². The SMILES string of the molecule is O=C(NS(=O)(=O)CC1CCOCC1)c1cccc2cn[nH]c12. The van der Waals surface area contributed by atoms with Gasteiger partial charge in [-0.3, -0.25) is 9.89 Å². The van der Waals surface area contributed by atoms with Gasteiger partial charge in [-0.2, -0.15) is 5.10 Å². The zero-order valence-corrected chi connectivity index (χ0v) is 12.7. The van der Waals surface area contributed by atoms with Crippen LogP contribution in [0.2, 0.25) is 0 Å². The minimum atomic E-state index is -3.67. The Hall–Kier alpha value is -1.93. The molecule has 1 fully saturated rings. The standard InChI is InChI=1S/C14H17N3O4S/c18-14(12-3-1-2-11-8-15-16-13(11)12)17-22(19,20)9-10-4-6-21-7-5-10/h1-3,8,10H,4-7,9H2,(H,15,16)(H,17,18). The molecule has 7 nitrogen and oxygen atoms in total. The number of carbonyl (C=O) groups is 1. The second-order valence-corrected chi connectivity index (χ2v) is 7.18. The molecule has 1 aliphatic rings. The molecule has 1 aliphatic heterocycles. The Morgan fingerprint density at radius 2 is 2.14 bits per heavy atom. The first-order valence-corrected chi connectivity index (χ1v) is 8.75.